The fourth-order valence-corrected chi connectivity index (χ4v) is 1.85. The van der Waals surface area contributed by atoms with Crippen LogP contribution in [-0.2, 0) is 0 Å². The van der Waals surface area contributed by atoms with Gasteiger partial charge in [-0.2, -0.15) is 4.98 Å². The molecule has 1 aromatic heterocycles. The second-order valence-corrected chi connectivity index (χ2v) is 4.40. The van der Waals surface area contributed by atoms with Gasteiger partial charge in [-0.05, 0) is 12.5 Å². The first-order valence-electron chi connectivity index (χ1n) is 6.41. The predicted molar refractivity (Wildman–Crippen MR) is 72.8 cm³/mol. The number of nitrogens with zero attached hydrogens (tertiary/aromatic N) is 3. The maximum atomic E-state index is 10.7. The Bertz CT molecular complexity index is 640. The zero-order valence-corrected chi connectivity index (χ0v) is 11.6. The van der Waals surface area contributed by atoms with Crippen LogP contribution in [0, 0.1) is 10.1 Å². The number of benzene rings is 1. The van der Waals surface area contributed by atoms with Crippen LogP contribution >= 0.6 is 0 Å². The Balaban J connectivity index is 2.35. The molecule has 2 rings (SSSR count). The van der Waals surface area contributed by atoms with E-state index in [0.717, 1.165) is 6.42 Å². The number of nitro groups is 1. The van der Waals surface area contributed by atoms with E-state index >= 15 is 0 Å². The lowest BCUT2D eigenvalue weighted by atomic mass is 10.1. The summed E-state index contributed by atoms with van der Waals surface area (Å²) in [5.41, 5.74) is 0.340. The summed E-state index contributed by atoms with van der Waals surface area (Å²) in [5, 5.41) is 24.3. The number of aromatic nitrogens is 2. The highest BCUT2D eigenvalue weighted by atomic mass is 16.6. The molecule has 0 aliphatic carbocycles. The molecular formula is C13H15N3O5. The number of aliphatic hydroxyl groups excluding tert-OH is 1. The quantitative estimate of drug-likeness (QED) is 0.643. The van der Waals surface area contributed by atoms with Crippen LogP contribution in [-0.4, -0.2) is 27.3 Å². The third-order valence-electron chi connectivity index (χ3n) is 2.93. The number of hydrogen-bond acceptors (Lipinski definition) is 7. The third kappa shape index (κ3) is 3.16. The molecule has 1 heterocycles. The Kier molecular flexibility index (Phi) is 4.49. The van der Waals surface area contributed by atoms with E-state index in [2.05, 4.69) is 10.1 Å². The van der Waals surface area contributed by atoms with Gasteiger partial charge in [-0.25, -0.2) is 0 Å². The third-order valence-corrected chi connectivity index (χ3v) is 2.93. The second kappa shape index (κ2) is 6.31. The number of ether oxygens (including phenoxy) is 1. The highest BCUT2D eigenvalue weighted by Crippen LogP contribution is 2.32. The number of nitro benzene ring substituents is 1. The van der Waals surface area contributed by atoms with Crippen LogP contribution in [0.15, 0.2) is 22.7 Å². The summed E-state index contributed by atoms with van der Waals surface area (Å²) in [6.45, 7) is 1.93. The van der Waals surface area contributed by atoms with E-state index < -0.39 is 11.0 Å². The van der Waals surface area contributed by atoms with Gasteiger partial charge in [-0.1, -0.05) is 18.5 Å². The summed E-state index contributed by atoms with van der Waals surface area (Å²) in [6, 6.07) is 4.08. The van der Waals surface area contributed by atoms with Gasteiger partial charge < -0.3 is 14.4 Å². The Morgan fingerprint density at radius 3 is 2.90 bits per heavy atom. The molecule has 0 saturated heterocycles. The minimum atomic E-state index is -0.795. The number of non-ortho nitro benzene ring substituents is 1. The maximum absolute atomic E-state index is 10.7. The van der Waals surface area contributed by atoms with Crippen molar-refractivity contribution in [3.8, 4) is 17.2 Å². The Morgan fingerprint density at radius 2 is 2.29 bits per heavy atom. The first-order chi connectivity index (χ1) is 10.1. The average molecular weight is 293 g/mol. The van der Waals surface area contributed by atoms with Gasteiger partial charge >= 0.3 is 0 Å². The van der Waals surface area contributed by atoms with Gasteiger partial charge in [0.25, 0.3) is 11.6 Å². The molecule has 0 radical (unpaired) electrons. The standard InChI is InChI=1S/C13H15N3O5/c1-3-4-10(17)12-14-13(21-15-12)9-6-5-8(16(18)19)7-11(9)20-2/h5-7,10,17H,3-4H2,1-2H3. The van der Waals surface area contributed by atoms with Crippen LogP contribution in [0.3, 0.4) is 0 Å². The van der Waals surface area contributed by atoms with Crippen molar-refractivity contribution in [3.63, 3.8) is 0 Å². The molecule has 0 aliphatic heterocycles. The summed E-state index contributed by atoms with van der Waals surface area (Å²) in [7, 11) is 1.39. The molecule has 1 unspecified atom stereocenters. The number of hydrogen-bond donors (Lipinski definition) is 1. The number of aliphatic hydroxyl groups is 1. The molecule has 112 valence electrons. The van der Waals surface area contributed by atoms with Gasteiger partial charge in [0.15, 0.2) is 0 Å². The zero-order chi connectivity index (χ0) is 15.4. The summed E-state index contributed by atoms with van der Waals surface area (Å²) in [5.74, 6) is 0.587. The normalized spacial score (nSPS) is 12.1. The molecule has 1 aromatic carbocycles. The van der Waals surface area contributed by atoms with E-state index in [4.69, 9.17) is 9.26 Å². The summed E-state index contributed by atoms with van der Waals surface area (Å²) >= 11 is 0. The van der Waals surface area contributed by atoms with Crippen LogP contribution in [0.2, 0.25) is 0 Å². The molecule has 0 bridgehead atoms. The van der Waals surface area contributed by atoms with E-state index in [-0.39, 0.29) is 23.2 Å². The number of methoxy groups -OCH3 is 1. The summed E-state index contributed by atoms with van der Waals surface area (Å²) in [6.07, 6.45) is 0.513. The fourth-order valence-electron chi connectivity index (χ4n) is 1.85. The van der Waals surface area contributed by atoms with Gasteiger partial charge in [0.05, 0.1) is 23.7 Å². The van der Waals surface area contributed by atoms with Crippen molar-refractivity contribution in [3.05, 3.63) is 34.1 Å². The van der Waals surface area contributed by atoms with Gasteiger partial charge in [0.2, 0.25) is 5.82 Å². The minimum Gasteiger partial charge on any atom is -0.496 e. The van der Waals surface area contributed by atoms with Crippen molar-refractivity contribution in [1.29, 1.82) is 0 Å². The predicted octanol–water partition coefficient (Wildman–Crippen LogP) is 2.49. The lowest BCUT2D eigenvalue weighted by Gasteiger charge is -2.04. The molecule has 8 nitrogen and oxygen atoms in total. The largest absolute Gasteiger partial charge is 0.496 e. The monoisotopic (exact) mass is 293 g/mol. The van der Waals surface area contributed by atoms with Gasteiger partial charge in [0.1, 0.15) is 11.9 Å². The van der Waals surface area contributed by atoms with Crippen molar-refractivity contribution in [2.24, 2.45) is 0 Å². The van der Waals surface area contributed by atoms with Crippen LogP contribution in [0.5, 0.6) is 5.75 Å². The van der Waals surface area contributed by atoms with Gasteiger partial charge in [-0.15, -0.1) is 0 Å². The van der Waals surface area contributed by atoms with Gasteiger partial charge in [0, 0.05) is 6.07 Å². The highest BCUT2D eigenvalue weighted by molar-refractivity contribution is 5.65. The molecule has 0 aliphatic rings. The van der Waals surface area contributed by atoms with Crippen molar-refractivity contribution >= 4 is 5.69 Å². The minimum absolute atomic E-state index is 0.0960. The second-order valence-electron chi connectivity index (χ2n) is 4.40. The van der Waals surface area contributed by atoms with Crippen LogP contribution < -0.4 is 4.74 Å². The van der Waals surface area contributed by atoms with Crippen LogP contribution in [0.1, 0.15) is 31.7 Å². The first-order valence-corrected chi connectivity index (χ1v) is 6.41. The molecule has 21 heavy (non-hydrogen) atoms. The van der Waals surface area contributed by atoms with Crippen molar-refractivity contribution in [2.75, 3.05) is 7.11 Å². The molecule has 0 fully saturated rings. The van der Waals surface area contributed by atoms with Crippen molar-refractivity contribution in [2.45, 2.75) is 25.9 Å². The maximum Gasteiger partial charge on any atom is 0.273 e. The van der Waals surface area contributed by atoms with Crippen LogP contribution in [0.4, 0.5) is 5.69 Å². The molecule has 8 heteroatoms. The molecule has 1 atom stereocenters. The lowest BCUT2D eigenvalue weighted by Crippen LogP contribution is -1.99. The van der Waals surface area contributed by atoms with E-state index in [1.54, 1.807) is 0 Å². The summed E-state index contributed by atoms with van der Waals surface area (Å²) in [4.78, 5) is 14.3. The Hall–Kier alpha value is -2.48. The topological polar surface area (TPSA) is 112 Å². The van der Waals surface area contributed by atoms with E-state index in [9.17, 15) is 15.2 Å². The molecule has 0 saturated carbocycles. The van der Waals surface area contributed by atoms with E-state index in [1.165, 1.54) is 25.3 Å². The highest BCUT2D eigenvalue weighted by Gasteiger charge is 2.20. The zero-order valence-electron chi connectivity index (χ0n) is 11.6. The Labute approximate surface area is 120 Å². The number of rotatable bonds is 6. The van der Waals surface area contributed by atoms with Crippen molar-refractivity contribution in [1.82, 2.24) is 10.1 Å². The first kappa shape index (κ1) is 14.9. The average Bonchev–Trinajstić information content (AvgIpc) is 2.96. The lowest BCUT2D eigenvalue weighted by molar-refractivity contribution is -0.384. The molecule has 1 N–H and O–H groups in total. The van der Waals surface area contributed by atoms with Crippen LogP contribution in [0.25, 0.3) is 11.5 Å². The SMILES string of the molecule is CCCC(O)c1noc(-c2ccc([N+](=O)[O-])cc2OC)n1. The fraction of sp³-hybridized carbons (Fsp3) is 0.385. The molecule has 0 amide bonds. The smallest absolute Gasteiger partial charge is 0.273 e. The molecule has 0 spiro atoms. The molecule has 2 aromatic rings. The summed E-state index contributed by atoms with van der Waals surface area (Å²) < 4.78 is 10.2. The molecular weight excluding hydrogens is 278 g/mol. The van der Waals surface area contributed by atoms with E-state index in [1.807, 2.05) is 6.92 Å². The van der Waals surface area contributed by atoms with Gasteiger partial charge in [-0.3, -0.25) is 10.1 Å². The Morgan fingerprint density at radius 1 is 1.52 bits per heavy atom. The van der Waals surface area contributed by atoms with Crippen molar-refractivity contribution < 1.29 is 19.3 Å². The van der Waals surface area contributed by atoms with E-state index in [0.29, 0.717) is 12.0 Å².